The van der Waals surface area contributed by atoms with Gasteiger partial charge in [0.15, 0.2) is 11.5 Å². The molecule has 8 heteroatoms. The zero-order valence-electron chi connectivity index (χ0n) is 21.3. The van der Waals surface area contributed by atoms with Crippen molar-refractivity contribution in [3.05, 3.63) is 23.3 Å². The highest BCUT2D eigenvalue weighted by atomic mass is 16.6. The summed E-state index contributed by atoms with van der Waals surface area (Å²) >= 11 is 0. The Morgan fingerprint density at radius 1 is 1.15 bits per heavy atom. The third kappa shape index (κ3) is 4.97. The first-order chi connectivity index (χ1) is 16.1. The Labute approximate surface area is 202 Å². The van der Waals surface area contributed by atoms with Gasteiger partial charge in [-0.1, -0.05) is 13.3 Å². The van der Waals surface area contributed by atoms with Gasteiger partial charge in [-0.15, -0.1) is 0 Å². The van der Waals surface area contributed by atoms with Crippen molar-refractivity contribution in [3.63, 3.8) is 0 Å². The fourth-order valence-electron chi connectivity index (χ4n) is 5.67. The van der Waals surface area contributed by atoms with Gasteiger partial charge in [-0.2, -0.15) is 0 Å². The molecule has 0 aliphatic carbocycles. The molecular weight excluding hydrogens is 434 g/mol. The van der Waals surface area contributed by atoms with Crippen molar-refractivity contribution in [2.75, 3.05) is 33.9 Å². The summed E-state index contributed by atoms with van der Waals surface area (Å²) in [5.41, 5.74) is 1.87. The Kier molecular flexibility index (Phi) is 6.99. The molecule has 4 atom stereocenters. The van der Waals surface area contributed by atoms with Crippen LogP contribution in [0.4, 0.5) is 4.79 Å². The molecule has 4 unspecified atom stereocenters. The van der Waals surface area contributed by atoms with Crippen LogP contribution in [0.15, 0.2) is 12.1 Å². The number of nitrogens with zero attached hydrogens (tertiary/aromatic N) is 2. The van der Waals surface area contributed by atoms with Crippen LogP contribution in [-0.2, 0) is 16.0 Å². The van der Waals surface area contributed by atoms with E-state index in [2.05, 4.69) is 29.3 Å². The maximum Gasteiger partial charge on any atom is 0.407 e. The summed E-state index contributed by atoms with van der Waals surface area (Å²) in [6.45, 7) is 10.1. The van der Waals surface area contributed by atoms with E-state index in [1.54, 1.807) is 14.2 Å². The minimum absolute atomic E-state index is 0.0745. The minimum atomic E-state index is -0.585. The molecular formula is C26H39N3O5. The van der Waals surface area contributed by atoms with Crippen LogP contribution in [0.25, 0.3) is 0 Å². The summed E-state index contributed by atoms with van der Waals surface area (Å²) in [6.07, 6.45) is 2.76. The Hall–Kier alpha value is -2.48. The molecule has 2 amide bonds. The lowest BCUT2D eigenvalue weighted by Crippen LogP contribution is -2.62. The Morgan fingerprint density at radius 2 is 1.85 bits per heavy atom. The monoisotopic (exact) mass is 473 g/mol. The van der Waals surface area contributed by atoms with Crippen molar-refractivity contribution in [2.45, 2.75) is 77.1 Å². The van der Waals surface area contributed by atoms with Gasteiger partial charge in [0.2, 0.25) is 5.91 Å². The number of likely N-dealkylation sites (tertiary alicyclic amines) is 1. The lowest BCUT2D eigenvalue weighted by molar-refractivity contribution is -0.132. The summed E-state index contributed by atoms with van der Waals surface area (Å²) in [4.78, 5) is 30.2. The van der Waals surface area contributed by atoms with Gasteiger partial charge >= 0.3 is 6.09 Å². The molecule has 1 N–H and O–H groups in total. The molecule has 1 aromatic carbocycles. The second-order valence-corrected chi connectivity index (χ2v) is 10.7. The van der Waals surface area contributed by atoms with E-state index in [-0.39, 0.29) is 24.0 Å². The van der Waals surface area contributed by atoms with E-state index in [9.17, 15) is 9.59 Å². The van der Waals surface area contributed by atoms with E-state index in [1.165, 1.54) is 11.1 Å². The number of rotatable bonds is 5. The van der Waals surface area contributed by atoms with Gasteiger partial charge in [-0.3, -0.25) is 9.69 Å². The van der Waals surface area contributed by atoms with E-state index in [0.717, 1.165) is 38.2 Å². The molecule has 4 rings (SSSR count). The van der Waals surface area contributed by atoms with Crippen LogP contribution in [0.5, 0.6) is 11.5 Å². The first kappa shape index (κ1) is 24.6. The SMILES string of the molecule is CCC1CC(=O)N(C2CN3CCc4cc(OC)c(OC)cc4C3CC2NC(=O)OC(C)(C)C)C1. The quantitative estimate of drug-likeness (QED) is 0.705. The number of piperidine rings is 1. The number of fused-ring (bicyclic) bond motifs is 3. The third-order valence-corrected chi connectivity index (χ3v) is 7.40. The van der Waals surface area contributed by atoms with Gasteiger partial charge in [0.1, 0.15) is 5.60 Å². The van der Waals surface area contributed by atoms with Crippen LogP contribution >= 0.6 is 0 Å². The highest BCUT2D eigenvalue weighted by Crippen LogP contribution is 2.43. The van der Waals surface area contributed by atoms with Crippen molar-refractivity contribution >= 4 is 12.0 Å². The topological polar surface area (TPSA) is 80.3 Å². The number of hydrogen-bond acceptors (Lipinski definition) is 6. The van der Waals surface area contributed by atoms with Crippen molar-refractivity contribution in [2.24, 2.45) is 5.92 Å². The first-order valence-corrected chi connectivity index (χ1v) is 12.4. The van der Waals surface area contributed by atoms with Gasteiger partial charge in [-0.25, -0.2) is 4.79 Å². The molecule has 0 saturated carbocycles. The van der Waals surface area contributed by atoms with Crippen LogP contribution in [-0.4, -0.2) is 73.3 Å². The number of alkyl carbamates (subject to hydrolysis) is 1. The van der Waals surface area contributed by atoms with E-state index in [1.807, 2.05) is 25.7 Å². The zero-order valence-corrected chi connectivity index (χ0v) is 21.3. The molecule has 0 radical (unpaired) electrons. The maximum absolute atomic E-state index is 12.9. The van der Waals surface area contributed by atoms with Crippen molar-refractivity contribution < 1.29 is 23.8 Å². The second-order valence-electron chi connectivity index (χ2n) is 10.7. The van der Waals surface area contributed by atoms with Gasteiger partial charge in [0.05, 0.1) is 26.3 Å². The Morgan fingerprint density at radius 3 is 2.47 bits per heavy atom. The van der Waals surface area contributed by atoms with Crippen LogP contribution in [0, 0.1) is 5.92 Å². The molecule has 0 bridgehead atoms. The summed E-state index contributed by atoms with van der Waals surface area (Å²) in [7, 11) is 3.31. The van der Waals surface area contributed by atoms with E-state index >= 15 is 0 Å². The number of amides is 2. The number of benzene rings is 1. The lowest BCUT2D eigenvalue weighted by Gasteiger charge is -2.49. The summed E-state index contributed by atoms with van der Waals surface area (Å²) in [5, 5.41) is 3.13. The summed E-state index contributed by atoms with van der Waals surface area (Å²) in [6, 6.07) is 4.00. The number of ether oxygens (including phenoxy) is 3. The molecule has 2 saturated heterocycles. The molecule has 3 aliphatic heterocycles. The lowest BCUT2D eigenvalue weighted by atomic mass is 9.82. The fraction of sp³-hybridized carbons (Fsp3) is 0.692. The largest absolute Gasteiger partial charge is 0.493 e. The molecule has 8 nitrogen and oxygen atoms in total. The average Bonchev–Trinajstić information content (AvgIpc) is 3.16. The third-order valence-electron chi connectivity index (χ3n) is 7.40. The predicted octanol–water partition coefficient (Wildman–Crippen LogP) is 3.53. The average molecular weight is 474 g/mol. The molecule has 3 heterocycles. The predicted molar refractivity (Wildman–Crippen MR) is 129 cm³/mol. The maximum atomic E-state index is 12.9. The van der Waals surface area contributed by atoms with Gasteiger partial charge < -0.3 is 24.4 Å². The van der Waals surface area contributed by atoms with Gasteiger partial charge in [0.25, 0.3) is 0 Å². The smallest absolute Gasteiger partial charge is 0.407 e. The Bertz CT molecular complexity index is 928. The molecule has 1 aromatic rings. The number of carbonyl (C=O) groups is 2. The van der Waals surface area contributed by atoms with Gasteiger partial charge in [0, 0.05) is 32.1 Å². The molecule has 34 heavy (non-hydrogen) atoms. The van der Waals surface area contributed by atoms with Crippen LogP contribution < -0.4 is 14.8 Å². The van der Waals surface area contributed by atoms with Crippen molar-refractivity contribution in [1.29, 1.82) is 0 Å². The summed E-state index contributed by atoms with van der Waals surface area (Å²) < 4.78 is 16.7. The van der Waals surface area contributed by atoms with E-state index < -0.39 is 11.7 Å². The van der Waals surface area contributed by atoms with Crippen LogP contribution in [0.1, 0.15) is 64.1 Å². The molecule has 0 aromatic heterocycles. The highest BCUT2D eigenvalue weighted by Gasteiger charge is 2.45. The van der Waals surface area contributed by atoms with E-state index in [0.29, 0.717) is 24.5 Å². The second kappa shape index (κ2) is 9.64. The Balaban J connectivity index is 1.63. The van der Waals surface area contributed by atoms with Crippen molar-refractivity contribution in [3.8, 4) is 11.5 Å². The van der Waals surface area contributed by atoms with Gasteiger partial charge in [-0.05, 0) is 62.8 Å². The normalized spacial score (nSPS) is 27.1. The highest BCUT2D eigenvalue weighted by molar-refractivity contribution is 5.79. The van der Waals surface area contributed by atoms with Crippen LogP contribution in [0.3, 0.4) is 0 Å². The standard InChI is InChI=1S/C26H39N3O5/c1-7-16-10-24(30)29(14-16)21-15-28-9-8-17-11-22(32-5)23(33-6)12-18(17)20(28)13-19(21)27-25(31)34-26(2,3)4/h11-12,16,19-21H,7-10,13-15H2,1-6H3,(H,27,31). The van der Waals surface area contributed by atoms with Crippen LogP contribution in [0.2, 0.25) is 0 Å². The molecule has 2 fully saturated rings. The number of carbonyl (C=O) groups excluding carboxylic acids is 2. The molecule has 3 aliphatic rings. The first-order valence-electron chi connectivity index (χ1n) is 12.4. The summed E-state index contributed by atoms with van der Waals surface area (Å²) in [5.74, 6) is 2.02. The molecule has 188 valence electrons. The number of methoxy groups -OCH3 is 2. The molecule has 0 spiro atoms. The number of nitrogens with one attached hydrogen (secondary N) is 1. The minimum Gasteiger partial charge on any atom is -0.493 e. The fourth-order valence-corrected chi connectivity index (χ4v) is 5.67. The van der Waals surface area contributed by atoms with E-state index in [4.69, 9.17) is 14.2 Å². The zero-order chi connectivity index (χ0) is 24.6. The van der Waals surface area contributed by atoms with Crippen molar-refractivity contribution in [1.82, 2.24) is 15.1 Å². The number of hydrogen-bond donors (Lipinski definition) is 1.